The molecule has 0 aromatic heterocycles. The molecule has 0 bridgehead atoms. The lowest BCUT2D eigenvalue weighted by Crippen LogP contribution is -1.97. The van der Waals surface area contributed by atoms with Crippen molar-refractivity contribution in [1.82, 2.24) is 0 Å². The van der Waals surface area contributed by atoms with Crippen molar-refractivity contribution in [3.63, 3.8) is 0 Å². The van der Waals surface area contributed by atoms with E-state index >= 15 is 0 Å². The summed E-state index contributed by atoms with van der Waals surface area (Å²) < 4.78 is 5.43. The topological polar surface area (TPSA) is 9.23 Å². The summed E-state index contributed by atoms with van der Waals surface area (Å²) in [5, 5.41) is 0. The van der Waals surface area contributed by atoms with Gasteiger partial charge in [-0.2, -0.15) is 0 Å². The van der Waals surface area contributed by atoms with E-state index < -0.39 is 0 Å². The summed E-state index contributed by atoms with van der Waals surface area (Å²) >= 11 is 0. The second kappa shape index (κ2) is 6.61. The number of benzene rings is 1. The summed E-state index contributed by atoms with van der Waals surface area (Å²) in [6.07, 6.45) is 3.37. The summed E-state index contributed by atoms with van der Waals surface area (Å²) in [5.74, 6) is 0. The maximum absolute atomic E-state index is 5.43. The van der Waals surface area contributed by atoms with Gasteiger partial charge in [-0.1, -0.05) is 36.8 Å². The van der Waals surface area contributed by atoms with Gasteiger partial charge in [-0.25, -0.2) is 0 Å². The molecule has 0 aliphatic carbocycles. The molecule has 14 heavy (non-hydrogen) atoms. The zero-order chi connectivity index (χ0) is 10.2. The molecule has 0 atom stereocenters. The van der Waals surface area contributed by atoms with Crippen LogP contribution in [0.4, 0.5) is 0 Å². The van der Waals surface area contributed by atoms with Crippen LogP contribution in [0.2, 0.25) is 0 Å². The normalized spacial score (nSPS) is 10.4. The predicted octanol–water partition coefficient (Wildman–Crippen LogP) is 3.35. The highest BCUT2D eigenvalue weighted by Crippen LogP contribution is 2.06. The van der Waals surface area contributed by atoms with Crippen molar-refractivity contribution >= 4 is 0 Å². The van der Waals surface area contributed by atoms with Crippen molar-refractivity contribution in [2.24, 2.45) is 0 Å². The second-order valence-corrected chi connectivity index (χ2v) is 3.70. The van der Waals surface area contributed by atoms with Gasteiger partial charge in [0.25, 0.3) is 0 Å². The lowest BCUT2D eigenvalue weighted by molar-refractivity contribution is 0.132. The van der Waals surface area contributed by atoms with E-state index in [1.165, 1.54) is 11.1 Å². The number of hydrogen-bond donors (Lipinski definition) is 0. The summed E-state index contributed by atoms with van der Waals surface area (Å²) in [6.45, 7) is 6.06. The van der Waals surface area contributed by atoms with Crippen LogP contribution in [0.15, 0.2) is 24.3 Å². The van der Waals surface area contributed by atoms with Crippen LogP contribution in [-0.2, 0) is 11.2 Å². The van der Waals surface area contributed by atoms with Gasteiger partial charge in [0.05, 0.1) is 0 Å². The summed E-state index contributed by atoms with van der Waals surface area (Å²) in [5.41, 5.74) is 2.77. The monoisotopic (exact) mass is 192 g/mol. The molecule has 0 radical (unpaired) electrons. The van der Waals surface area contributed by atoms with E-state index in [-0.39, 0.29) is 0 Å². The molecule has 0 aliphatic heterocycles. The Labute approximate surface area is 87.1 Å². The Hall–Kier alpha value is -0.820. The Morgan fingerprint density at radius 1 is 1.21 bits per heavy atom. The van der Waals surface area contributed by atoms with Gasteiger partial charge in [0.1, 0.15) is 0 Å². The fourth-order valence-electron chi connectivity index (χ4n) is 1.49. The molecule has 0 N–H and O–H groups in total. The van der Waals surface area contributed by atoms with E-state index in [0.717, 1.165) is 32.5 Å². The molecule has 0 fully saturated rings. The molecule has 1 heteroatoms. The standard InChI is InChI=1S/C13H20O/c1-3-9-14-10-5-8-13-7-4-6-12(2)11-13/h4,6-7,11H,3,5,8-10H2,1-2H3. The fourth-order valence-corrected chi connectivity index (χ4v) is 1.49. The van der Waals surface area contributed by atoms with Crippen LogP contribution in [0.1, 0.15) is 30.9 Å². The summed E-state index contributed by atoms with van der Waals surface area (Å²) in [4.78, 5) is 0. The van der Waals surface area contributed by atoms with Gasteiger partial charge in [-0.05, 0) is 31.7 Å². The highest BCUT2D eigenvalue weighted by Gasteiger charge is 1.93. The minimum atomic E-state index is 0.891. The van der Waals surface area contributed by atoms with Crippen LogP contribution in [0.5, 0.6) is 0 Å². The van der Waals surface area contributed by atoms with Gasteiger partial charge in [-0.3, -0.25) is 0 Å². The third-order valence-electron chi connectivity index (χ3n) is 2.19. The van der Waals surface area contributed by atoms with Crippen molar-refractivity contribution in [3.05, 3.63) is 35.4 Å². The van der Waals surface area contributed by atoms with E-state index in [1.54, 1.807) is 0 Å². The van der Waals surface area contributed by atoms with E-state index in [2.05, 4.69) is 38.1 Å². The predicted molar refractivity (Wildman–Crippen MR) is 60.6 cm³/mol. The largest absolute Gasteiger partial charge is 0.381 e. The molecule has 78 valence electrons. The lowest BCUT2D eigenvalue weighted by Gasteiger charge is -2.03. The van der Waals surface area contributed by atoms with Crippen LogP contribution in [0, 0.1) is 6.92 Å². The zero-order valence-corrected chi connectivity index (χ0v) is 9.25. The molecule has 0 amide bonds. The quantitative estimate of drug-likeness (QED) is 0.628. The second-order valence-electron chi connectivity index (χ2n) is 3.70. The molecule has 1 rings (SSSR count). The smallest absolute Gasteiger partial charge is 0.0469 e. The van der Waals surface area contributed by atoms with E-state index in [0.29, 0.717) is 0 Å². The third kappa shape index (κ3) is 4.43. The van der Waals surface area contributed by atoms with E-state index in [9.17, 15) is 0 Å². The van der Waals surface area contributed by atoms with Crippen molar-refractivity contribution in [2.75, 3.05) is 13.2 Å². The molecule has 0 heterocycles. The molecule has 0 aliphatic rings. The molecule has 0 saturated heterocycles. The molecular formula is C13H20O. The van der Waals surface area contributed by atoms with Gasteiger partial charge < -0.3 is 4.74 Å². The molecule has 0 unspecified atom stereocenters. The number of aryl methyl sites for hydroxylation is 2. The van der Waals surface area contributed by atoms with Crippen molar-refractivity contribution in [2.45, 2.75) is 33.1 Å². The Bertz CT molecular complexity index is 255. The zero-order valence-electron chi connectivity index (χ0n) is 9.25. The Kier molecular flexibility index (Phi) is 5.31. The average molecular weight is 192 g/mol. The van der Waals surface area contributed by atoms with E-state index in [4.69, 9.17) is 4.74 Å². The Morgan fingerprint density at radius 2 is 2.07 bits per heavy atom. The van der Waals surface area contributed by atoms with Crippen LogP contribution in [0.3, 0.4) is 0 Å². The minimum absolute atomic E-state index is 0.891. The third-order valence-corrected chi connectivity index (χ3v) is 2.19. The highest BCUT2D eigenvalue weighted by atomic mass is 16.5. The van der Waals surface area contributed by atoms with Crippen LogP contribution in [-0.4, -0.2) is 13.2 Å². The Morgan fingerprint density at radius 3 is 2.79 bits per heavy atom. The van der Waals surface area contributed by atoms with Crippen LogP contribution in [0.25, 0.3) is 0 Å². The lowest BCUT2D eigenvalue weighted by atomic mass is 10.1. The molecule has 0 spiro atoms. The van der Waals surface area contributed by atoms with E-state index in [1.807, 2.05) is 0 Å². The van der Waals surface area contributed by atoms with Gasteiger partial charge in [0.15, 0.2) is 0 Å². The van der Waals surface area contributed by atoms with Crippen LogP contribution >= 0.6 is 0 Å². The van der Waals surface area contributed by atoms with Crippen LogP contribution < -0.4 is 0 Å². The van der Waals surface area contributed by atoms with Gasteiger partial charge >= 0.3 is 0 Å². The summed E-state index contributed by atoms with van der Waals surface area (Å²) in [7, 11) is 0. The number of rotatable bonds is 6. The van der Waals surface area contributed by atoms with Crippen molar-refractivity contribution < 1.29 is 4.74 Å². The first-order valence-corrected chi connectivity index (χ1v) is 5.46. The number of ether oxygens (including phenoxy) is 1. The SMILES string of the molecule is CCCOCCCc1cccc(C)c1. The minimum Gasteiger partial charge on any atom is -0.381 e. The molecule has 1 nitrogen and oxygen atoms in total. The Balaban J connectivity index is 2.18. The molecule has 0 saturated carbocycles. The van der Waals surface area contributed by atoms with Gasteiger partial charge in [-0.15, -0.1) is 0 Å². The van der Waals surface area contributed by atoms with Gasteiger partial charge in [0, 0.05) is 13.2 Å². The first-order chi connectivity index (χ1) is 6.83. The maximum atomic E-state index is 5.43. The van der Waals surface area contributed by atoms with Gasteiger partial charge in [0.2, 0.25) is 0 Å². The molecule has 1 aromatic rings. The number of hydrogen-bond acceptors (Lipinski definition) is 1. The maximum Gasteiger partial charge on any atom is 0.0469 e. The van der Waals surface area contributed by atoms with Crippen molar-refractivity contribution in [3.8, 4) is 0 Å². The first-order valence-electron chi connectivity index (χ1n) is 5.46. The molecule has 1 aromatic carbocycles. The average Bonchev–Trinajstić information content (AvgIpc) is 2.18. The fraction of sp³-hybridized carbons (Fsp3) is 0.538. The van der Waals surface area contributed by atoms with Crippen molar-refractivity contribution in [1.29, 1.82) is 0 Å². The molecular weight excluding hydrogens is 172 g/mol. The first kappa shape index (κ1) is 11.3. The summed E-state index contributed by atoms with van der Waals surface area (Å²) in [6, 6.07) is 8.70. The highest BCUT2D eigenvalue weighted by molar-refractivity contribution is 5.22.